The number of amides is 2. The maximum absolute atomic E-state index is 12.4. The van der Waals surface area contributed by atoms with Crippen LogP contribution in [0, 0.1) is 0 Å². The van der Waals surface area contributed by atoms with Crippen LogP contribution in [-0.4, -0.2) is 70.5 Å². The Balaban J connectivity index is 1.32. The molecule has 202 valence electrons. The normalized spacial score (nSPS) is 13.8. The Kier molecular flexibility index (Phi) is 9.10. The molecule has 1 fully saturated rings. The minimum atomic E-state index is -0.333. The van der Waals surface area contributed by atoms with E-state index in [-0.39, 0.29) is 6.03 Å². The zero-order valence-corrected chi connectivity index (χ0v) is 22.3. The predicted molar refractivity (Wildman–Crippen MR) is 148 cm³/mol. The molecule has 3 aromatic rings. The van der Waals surface area contributed by atoms with E-state index in [2.05, 4.69) is 25.4 Å². The molecule has 4 rings (SSSR count). The van der Waals surface area contributed by atoms with Crippen molar-refractivity contribution < 1.29 is 23.7 Å². The smallest absolute Gasteiger partial charge is 0.323 e. The van der Waals surface area contributed by atoms with E-state index in [1.54, 1.807) is 58.9 Å². The van der Waals surface area contributed by atoms with Crippen molar-refractivity contribution in [1.82, 2.24) is 9.88 Å². The monoisotopic (exact) mass is 521 g/mol. The Morgan fingerprint density at radius 1 is 0.789 bits per heavy atom. The van der Waals surface area contributed by atoms with Crippen LogP contribution >= 0.6 is 0 Å². The van der Waals surface area contributed by atoms with Crippen molar-refractivity contribution in [2.45, 2.75) is 13.0 Å². The number of hydrogen-bond donors (Lipinski definition) is 2. The van der Waals surface area contributed by atoms with Gasteiger partial charge in [-0.05, 0) is 48.9 Å². The standard InChI is InChI=1S/C28H35N5O5/c1-35-23-10-7-21(8-11-23)30-28(34)31-22-9-13-25(29-18-22)33-15-5-14-32(16-17-33)19-20-6-12-24(36-2)27(38-4)26(20)37-3/h6-13,18H,5,14-17,19H2,1-4H3,(H2,30,31,34). The Morgan fingerprint density at radius 3 is 2.18 bits per heavy atom. The molecule has 10 heteroatoms. The Hall–Kier alpha value is -4.18. The fourth-order valence-electron chi connectivity index (χ4n) is 4.50. The number of methoxy groups -OCH3 is 4. The summed E-state index contributed by atoms with van der Waals surface area (Å²) < 4.78 is 21.8. The molecule has 0 bridgehead atoms. The zero-order chi connectivity index (χ0) is 26.9. The van der Waals surface area contributed by atoms with Crippen molar-refractivity contribution in [2.75, 3.05) is 70.2 Å². The number of carbonyl (C=O) groups excluding carboxylic acids is 1. The van der Waals surface area contributed by atoms with Crippen molar-refractivity contribution in [1.29, 1.82) is 0 Å². The third kappa shape index (κ3) is 6.57. The summed E-state index contributed by atoms with van der Waals surface area (Å²) in [6.07, 6.45) is 2.68. The number of nitrogens with one attached hydrogen (secondary N) is 2. The molecule has 2 amide bonds. The van der Waals surface area contributed by atoms with Crippen molar-refractivity contribution in [3.05, 3.63) is 60.3 Å². The average molecular weight is 522 g/mol. The number of nitrogens with zero attached hydrogens (tertiary/aromatic N) is 3. The quantitative estimate of drug-likeness (QED) is 0.426. The van der Waals surface area contributed by atoms with Crippen LogP contribution in [0.5, 0.6) is 23.0 Å². The predicted octanol–water partition coefficient (Wildman–Crippen LogP) is 4.47. The SMILES string of the molecule is COc1ccc(NC(=O)Nc2ccc(N3CCCN(Cc4ccc(OC)c(OC)c4OC)CC3)nc2)cc1. The van der Waals surface area contributed by atoms with Gasteiger partial charge in [0.2, 0.25) is 5.75 Å². The van der Waals surface area contributed by atoms with Gasteiger partial charge < -0.3 is 34.5 Å². The van der Waals surface area contributed by atoms with E-state index in [1.165, 1.54) is 0 Å². The molecule has 2 aromatic carbocycles. The molecule has 1 saturated heterocycles. The van der Waals surface area contributed by atoms with E-state index in [9.17, 15) is 4.79 Å². The summed E-state index contributed by atoms with van der Waals surface area (Å²) in [5.41, 5.74) is 2.35. The highest BCUT2D eigenvalue weighted by atomic mass is 16.5. The molecular formula is C28H35N5O5. The van der Waals surface area contributed by atoms with Crippen molar-refractivity contribution in [3.8, 4) is 23.0 Å². The second-order valence-electron chi connectivity index (χ2n) is 8.82. The van der Waals surface area contributed by atoms with Crippen LogP contribution in [0.3, 0.4) is 0 Å². The summed E-state index contributed by atoms with van der Waals surface area (Å²) in [5, 5.41) is 5.62. The molecule has 1 aliphatic heterocycles. The largest absolute Gasteiger partial charge is 0.497 e. The highest BCUT2D eigenvalue weighted by Gasteiger charge is 2.21. The van der Waals surface area contributed by atoms with Crippen LogP contribution in [0.4, 0.5) is 22.0 Å². The first-order valence-electron chi connectivity index (χ1n) is 12.5. The van der Waals surface area contributed by atoms with Crippen LogP contribution in [0.1, 0.15) is 12.0 Å². The van der Waals surface area contributed by atoms with Crippen LogP contribution in [-0.2, 0) is 6.54 Å². The molecular weight excluding hydrogens is 486 g/mol. The number of aromatic nitrogens is 1. The van der Waals surface area contributed by atoms with Gasteiger partial charge in [-0.25, -0.2) is 9.78 Å². The lowest BCUT2D eigenvalue weighted by molar-refractivity contribution is 0.262. The first kappa shape index (κ1) is 26.9. The van der Waals surface area contributed by atoms with E-state index < -0.39 is 0 Å². The van der Waals surface area contributed by atoms with Gasteiger partial charge in [0.15, 0.2) is 11.5 Å². The summed E-state index contributed by atoms with van der Waals surface area (Å²) in [5.74, 6) is 3.58. The molecule has 2 heterocycles. The fraction of sp³-hybridized carbons (Fsp3) is 0.357. The van der Waals surface area contributed by atoms with E-state index in [1.807, 2.05) is 24.3 Å². The molecule has 0 radical (unpaired) electrons. The van der Waals surface area contributed by atoms with E-state index in [0.717, 1.165) is 56.3 Å². The minimum absolute atomic E-state index is 0.333. The fourth-order valence-corrected chi connectivity index (χ4v) is 4.50. The first-order chi connectivity index (χ1) is 18.5. The number of hydrogen-bond acceptors (Lipinski definition) is 8. The number of benzene rings is 2. The molecule has 0 unspecified atom stereocenters. The number of ether oxygens (including phenoxy) is 4. The Bertz CT molecular complexity index is 1200. The van der Waals surface area contributed by atoms with Crippen LogP contribution < -0.4 is 34.5 Å². The highest BCUT2D eigenvalue weighted by Crippen LogP contribution is 2.40. The van der Waals surface area contributed by atoms with Gasteiger partial charge in [0, 0.05) is 44.0 Å². The van der Waals surface area contributed by atoms with Crippen molar-refractivity contribution >= 4 is 23.2 Å². The second-order valence-corrected chi connectivity index (χ2v) is 8.82. The Labute approximate surface area is 223 Å². The molecule has 1 aliphatic rings. The number of pyridine rings is 1. The highest BCUT2D eigenvalue weighted by molar-refractivity contribution is 5.99. The lowest BCUT2D eigenvalue weighted by Crippen LogP contribution is -2.31. The summed E-state index contributed by atoms with van der Waals surface area (Å²) >= 11 is 0. The van der Waals surface area contributed by atoms with Gasteiger partial charge in [-0.1, -0.05) is 6.07 Å². The van der Waals surface area contributed by atoms with Gasteiger partial charge >= 0.3 is 6.03 Å². The number of carbonyl (C=O) groups is 1. The molecule has 0 atom stereocenters. The Morgan fingerprint density at radius 2 is 1.53 bits per heavy atom. The van der Waals surface area contributed by atoms with Gasteiger partial charge in [0.1, 0.15) is 11.6 Å². The number of anilines is 3. The zero-order valence-electron chi connectivity index (χ0n) is 22.3. The summed E-state index contributed by atoms with van der Waals surface area (Å²) in [6, 6.07) is 14.6. The van der Waals surface area contributed by atoms with Crippen LogP contribution in [0.2, 0.25) is 0 Å². The van der Waals surface area contributed by atoms with E-state index in [0.29, 0.717) is 28.6 Å². The molecule has 1 aromatic heterocycles. The van der Waals surface area contributed by atoms with Gasteiger partial charge in [0.25, 0.3) is 0 Å². The van der Waals surface area contributed by atoms with Gasteiger partial charge in [-0.15, -0.1) is 0 Å². The third-order valence-corrected chi connectivity index (χ3v) is 6.45. The summed E-state index contributed by atoms with van der Waals surface area (Å²) in [6.45, 7) is 4.32. The van der Waals surface area contributed by atoms with Crippen molar-refractivity contribution in [3.63, 3.8) is 0 Å². The molecule has 2 N–H and O–H groups in total. The van der Waals surface area contributed by atoms with Crippen LogP contribution in [0.25, 0.3) is 0 Å². The lowest BCUT2D eigenvalue weighted by atomic mass is 10.1. The topological polar surface area (TPSA) is 97.4 Å². The second kappa shape index (κ2) is 12.9. The number of rotatable bonds is 9. The maximum atomic E-state index is 12.4. The third-order valence-electron chi connectivity index (χ3n) is 6.45. The summed E-state index contributed by atoms with van der Waals surface area (Å²) in [4.78, 5) is 21.6. The van der Waals surface area contributed by atoms with Crippen LogP contribution in [0.15, 0.2) is 54.7 Å². The lowest BCUT2D eigenvalue weighted by Gasteiger charge is -2.24. The van der Waals surface area contributed by atoms with Gasteiger partial charge in [-0.3, -0.25) is 4.90 Å². The molecule has 10 nitrogen and oxygen atoms in total. The average Bonchev–Trinajstić information content (AvgIpc) is 3.19. The maximum Gasteiger partial charge on any atom is 0.323 e. The summed E-state index contributed by atoms with van der Waals surface area (Å²) in [7, 11) is 6.49. The van der Waals surface area contributed by atoms with Gasteiger partial charge in [0.05, 0.1) is 40.3 Å². The van der Waals surface area contributed by atoms with E-state index in [4.69, 9.17) is 18.9 Å². The van der Waals surface area contributed by atoms with Gasteiger partial charge in [-0.2, -0.15) is 0 Å². The first-order valence-corrected chi connectivity index (χ1v) is 12.5. The van der Waals surface area contributed by atoms with Crippen molar-refractivity contribution in [2.24, 2.45) is 0 Å². The molecule has 0 spiro atoms. The van der Waals surface area contributed by atoms with E-state index >= 15 is 0 Å². The molecule has 38 heavy (non-hydrogen) atoms. The molecule has 0 aliphatic carbocycles. The number of urea groups is 1. The minimum Gasteiger partial charge on any atom is -0.497 e. The molecule has 0 saturated carbocycles.